The van der Waals surface area contributed by atoms with E-state index < -0.39 is 0 Å². The molecule has 0 saturated carbocycles. The van der Waals surface area contributed by atoms with Gasteiger partial charge in [-0.2, -0.15) is 0 Å². The molecule has 162 valence electrons. The van der Waals surface area contributed by atoms with Crippen LogP contribution in [0.4, 0.5) is 16.2 Å². The summed E-state index contributed by atoms with van der Waals surface area (Å²) in [5, 5.41) is 13.6. The van der Waals surface area contributed by atoms with Gasteiger partial charge in [-0.1, -0.05) is 29.8 Å². The van der Waals surface area contributed by atoms with Crippen molar-refractivity contribution in [3.63, 3.8) is 0 Å². The van der Waals surface area contributed by atoms with Gasteiger partial charge in [-0.05, 0) is 48.0 Å². The van der Waals surface area contributed by atoms with Gasteiger partial charge in [0, 0.05) is 41.3 Å². The van der Waals surface area contributed by atoms with Gasteiger partial charge in [-0.25, -0.2) is 4.79 Å². The summed E-state index contributed by atoms with van der Waals surface area (Å²) in [5.74, 6) is -0.243. The summed E-state index contributed by atoms with van der Waals surface area (Å²) in [6, 6.07) is 17.1. The average molecular weight is 449 g/mol. The molecule has 0 bridgehead atoms. The van der Waals surface area contributed by atoms with Crippen LogP contribution in [0.15, 0.2) is 73.1 Å². The van der Waals surface area contributed by atoms with Crippen LogP contribution in [0.3, 0.4) is 0 Å². The van der Waals surface area contributed by atoms with Crippen LogP contribution in [-0.4, -0.2) is 52.2 Å². The third kappa shape index (κ3) is 3.39. The van der Waals surface area contributed by atoms with Crippen molar-refractivity contribution in [1.82, 2.24) is 9.88 Å². The summed E-state index contributed by atoms with van der Waals surface area (Å²) in [6.45, 7) is 0.169. The molecule has 2 aliphatic heterocycles. The van der Waals surface area contributed by atoms with E-state index in [9.17, 15) is 14.7 Å². The number of fused-ring (bicyclic) bond motifs is 3. The fraction of sp³-hybridized carbons (Fsp3) is 0.208. The van der Waals surface area contributed by atoms with E-state index in [1.807, 2.05) is 24.3 Å². The van der Waals surface area contributed by atoms with Gasteiger partial charge in [0.1, 0.15) is 0 Å². The van der Waals surface area contributed by atoms with Crippen molar-refractivity contribution >= 4 is 34.9 Å². The summed E-state index contributed by atoms with van der Waals surface area (Å²) >= 11 is 5.94. The number of anilines is 2. The summed E-state index contributed by atoms with van der Waals surface area (Å²) in [7, 11) is 0. The highest BCUT2D eigenvalue weighted by Crippen LogP contribution is 2.48. The number of aliphatic hydroxyl groups is 1. The van der Waals surface area contributed by atoms with Crippen molar-refractivity contribution < 1.29 is 14.7 Å². The molecule has 0 radical (unpaired) electrons. The number of nitrogens with zero attached hydrogens (tertiary/aromatic N) is 3. The Kier molecular flexibility index (Phi) is 5.28. The highest BCUT2D eigenvalue weighted by atomic mass is 35.5. The van der Waals surface area contributed by atoms with E-state index in [1.165, 1.54) is 6.20 Å². The molecule has 0 aliphatic carbocycles. The van der Waals surface area contributed by atoms with Gasteiger partial charge in [0.25, 0.3) is 5.91 Å². The van der Waals surface area contributed by atoms with Crippen molar-refractivity contribution in [2.45, 2.75) is 18.0 Å². The predicted octanol–water partition coefficient (Wildman–Crippen LogP) is 3.76. The van der Waals surface area contributed by atoms with Crippen LogP contribution < -0.4 is 10.2 Å². The summed E-state index contributed by atoms with van der Waals surface area (Å²) in [4.78, 5) is 33.8. The van der Waals surface area contributed by atoms with Crippen molar-refractivity contribution in [3.8, 4) is 0 Å². The molecular weight excluding hydrogens is 428 g/mol. The summed E-state index contributed by atoms with van der Waals surface area (Å²) < 4.78 is 0. The lowest BCUT2D eigenvalue weighted by molar-refractivity contribution is -0.0241. The van der Waals surface area contributed by atoms with Crippen molar-refractivity contribution in [3.05, 3.63) is 89.2 Å². The van der Waals surface area contributed by atoms with Crippen LogP contribution in [0.5, 0.6) is 0 Å². The van der Waals surface area contributed by atoms with Crippen LogP contribution >= 0.6 is 11.6 Å². The first kappa shape index (κ1) is 20.5. The highest BCUT2D eigenvalue weighted by Gasteiger charge is 2.55. The molecule has 3 atom stereocenters. The van der Waals surface area contributed by atoms with E-state index in [4.69, 9.17) is 11.6 Å². The number of halogens is 1. The SMILES string of the molecule is O=C(Nc1ccc(Cl)cc1)N1C[C@@H]2[C@H](c3ccccc31)[C@@H](CO)N2C(=O)c1cccnc1. The van der Waals surface area contributed by atoms with E-state index in [-0.39, 0.29) is 36.5 Å². The number of amides is 3. The maximum Gasteiger partial charge on any atom is 0.326 e. The Labute approximate surface area is 190 Å². The van der Waals surface area contributed by atoms with Gasteiger partial charge < -0.3 is 15.3 Å². The molecule has 1 saturated heterocycles. The lowest BCUT2D eigenvalue weighted by Gasteiger charge is -2.58. The Morgan fingerprint density at radius 2 is 1.88 bits per heavy atom. The normalized spacial score (nSPS) is 21.2. The Morgan fingerprint density at radius 3 is 2.59 bits per heavy atom. The second-order valence-corrected chi connectivity index (χ2v) is 8.34. The zero-order valence-electron chi connectivity index (χ0n) is 17.1. The zero-order chi connectivity index (χ0) is 22.2. The van der Waals surface area contributed by atoms with Crippen LogP contribution in [-0.2, 0) is 0 Å². The van der Waals surface area contributed by atoms with Crippen LogP contribution in [0.1, 0.15) is 21.8 Å². The Bertz CT molecular complexity index is 1160. The zero-order valence-corrected chi connectivity index (χ0v) is 17.8. The van der Waals surface area contributed by atoms with E-state index in [1.54, 1.807) is 52.4 Å². The molecule has 0 spiro atoms. The largest absolute Gasteiger partial charge is 0.394 e. The molecule has 5 rings (SSSR count). The molecular formula is C24H21ClN4O3. The van der Waals surface area contributed by atoms with E-state index in [0.717, 1.165) is 11.3 Å². The van der Waals surface area contributed by atoms with Crippen LogP contribution in [0, 0.1) is 0 Å². The topological polar surface area (TPSA) is 85.8 Å². The standard InChI is InChI=1S/C24H21ClN4O3/c25-16-7-9-17(10-8-16)27-24(32)28-13-20-22(18-5-1-2-6-19(18)28)21(14-30)29(20)23(31)15-4-3-11-26-12-15/h1-12,20-22,30H,13-14H2,(H,27,32)/t20-,21-,22+/m1/s1. The summed E-state index contributed by atoms with van der Waals surface area (Å²) in [5.41, 5.74) is 2.82. The molecule has 1 aromatic heterocycles. The van der Waals surface area contributed by atoms with E-state index >= 15 is 0 Å². The van der Waals surface area contributed by atoms with Gasteiger partial charge in [-0.3, -0.25) is 14.7 Å². The van der Waals surface area contributed by atoms with Gasteiger partial charge >= 0.3 is 6.03 Å². The number of aromatic nitrogens is 1. The van der Waals surface area contributed by atoms with Gasteiger partial charge in [-0.15, -0.1) is 0 Å². The Morgan fingerprint density at radius 1 is 1.09 bits per heavy atom. The molecule has 3 heterocycles. The molecule has 7 nitrogen and oxygen atoms in total. The third-order valence-corrected chi connectivity index (χ3v) is 6.42. The van der Waals surface area contributed by atoms with Gasteiger partial charge in [0.2, 0.25) is 0 Å². The molecule has 8 heteroatoms. The average Bonchev–Trinajstić information content (AvgIpc) is 2.81. The van der Waals surface area contributed by atoms with E-state index in [0.29, 0.717) is 22.8 Å². The van der Waals surface area contributed by atoms with Crippen molar-refractivity contribution in [2.24, 2.45) is 0 Å². The summed E-state index contributed by atoms with van der Waals surface area (Å²) in [6.07, 6.45) is 3.13. The maximum atomic E-state index is 13.2. The third-order valence-electron chi connectivity index (χ3n) is 6.17. The number of pyridine rings is 1. The number of nitrogens with one attached hydrogen (secondary N) is 1. The Balaban J connectivity index is 1.46. The Hall–Kier alpha value is -3.42. The first-order valence-corrected chi connectivity index (χ1v) is 10.7. The second-order valence-electron chi connectivity index (χ2n) is 7.90. The van der Waals surface area contributed by atoms with Crippen LogP contribution in [0.2, 0.25) is 5.02 Å². The van der Waals surface area contributed by atoms with E-state index in [2.05, 4.69) is 10.3 Å². The number of hydrogen-bond donors (Lipinski definition) is 2. The predicted molar refractivity (Wildman–Crippen MR) is 122 cm³/mol. The number of likely N-dealkylation sites (tertiary alicyclic amines) is 1. The fourth-order valence-corrected chi connectivity index (χ4v) is 4.85. The quantitative estimate of drug-likeness (QED) is 0.639. The molecule has 0 unspecified atom stereocenters. The highest BCUT2D eigenvalue weighted by molar-refractivity contribution is 6.30. The number of carbonyl (C=O) groups is 2. The number of rotatable bonds is 3. The maximum absolute atomic E-state index is 13.2. The molecule has 3 aromatic rings. The molecule has 32 heavy (non-hydrogen) atoms. The molecule has 2 aliphatic rings. The number of aliphatic hydroxyl groups excluding tert-OH is 1. The number of hydrogen-bond acceptors (Lipinski definition) is 4. The lowest BCUT2D eigenvalue weighted by atomic mass is 9.71. The minimum absolute atomic E-state index is 0.0450. The minimum Gasteiger partial charge on any atom is -0.394 e. The first-order valence-electron chi connectivity index (χ1n) is 10.3. The number of urea groups is 1. The molecule has 2 aromatic carbocycles. The fourth-order valence-electron chi connectivity index (χ4n) is 4.72. The number of benzene rings is 2. The van der Waals surface area contributed by atoms with Crippen molar-refractivity contribution in [2.75, 3.05) is 23.4 Å². The number of para-hydroxylation sites is 1. The lowest BCUT2D eigenvalue weighted by Crippen LogP contribution is -2.71. The molecule has 2 N–H and O–H groups in total. The second kappa shape index (κ2) is 8.26. The number of carbonyl (C=O) groups excluding carboxylic acids is 2. The monoisotopic (exact) mass is 448 g/mol. The minimum atomic E-state index is -0.352. The van der Waals surface area contributed by atoms with Crippen molar-refractivity contribution in [1.29, 1.82) is 0 Å². The smallest absolute Gasteiger partial charge is 0.326 e. The van der Waals surface area contributed by atoms with Crippen LogP contribution in [0.25, 0.3) is 0 Å². The van der Waals surface area contributed by atoms with Gasteiger partial charge in [0.15, 0.2) is 0 Å². The van der Waals surface area contributed by atoms with Gasteiger partial charge in [0.05, 0.1) is 24.3 Å². The molecule has 3 amide bonds. The molecule has 1 fully saturated rings. The first-order chi connectivity index (χ1) is 15.6.